The highest BCUT2D eigenvalue weighted by Gasteiger charge is 2.16. The smallest absolute Gasteiger partial charge is 0.251 e. The molecule has 86 valence electrons. The lowest BCUT2D eigenvalue weighted by atomic mass is 9.93. The highest BCUT2D eigenvalue weighted by Crippen LogP contribution is 2.23. The fraction of sp³-hybridized carbons (Fsp3) is 0.500. The van der Waals surface area contributed by atoms with Crippen molar-refractivity contribution in [3.8, 4) is 0 Å². The van der Waals surface area contributed by atoms with Crippen molar-refractivity contribution < 1.29 is 4.79 Å². The molecule has 0 saturated heterocycles. The SMILES string of the molecule is CCC(C)c1ccc2c(c1)C(=O)NCCC2. The zero-order valence-corrected chi connectivity index (χ0v) is 10.0. The van der Waals surface area contributed by atoms with Crippen molar-refractivity contribution >= 4 is 5.91 Å². The number of carbonyl (C=O) groups is 1. The first-order valence-corrected chi connectivity index (χ1v) is 6.13. The summed E-state index contributed by atoms with van der Waals surface area (Å²) < 4.78 is 0. The Bertz CT molecular complexity index is 398. The number of nitrogens with one attached hydrogen (secondary N) is 1. The molecule has 1 heterocycles. The van der Waals surface area contributed by atoms with Crippen LogP contribution in [0.3, 0.4) is 0 Å². The van der Waals surface area contributed by atoms with Crippen LogP contribution >= 0.6 is 0 Å². The van der Waals surface area contributed by atoms with Crippen molar-refractivity contribution in [3.05, 3.63) is 34.9 Å². The standard InChI is InChI=1S/C14H19NO/c1-3-10(2)12-7-6-11-5-4-8-15-14(16)13(11)9-12/h6-7,9-10H,3-5,8H2,1-2H3,(H,15,16). The van der Waals surface area contributed by atoms with Crippen LogP contribution in [0, 0.1) is 0 Å². The van der Waals surface area contributed by atoms with E-state index in [1.807, 2.05) is 0 Å². The van der Waals surface area contributed by atoms with Crippen molar-refractivity contribution in [2.24, 2.45) is 0 Å². The normalized spacial score (nSPS) is 17.2. The van der Waals surface area contributed by atoms with Gasteiger partial charge in [0.25, 0.3) is 5.91 Å². The Morgan fingerprint density at radius 2 is 2.25 bits per heavy atom. The van der Waals surface area contributed by atoms with Gasteiger partial charge in [0, 0.05) is 12.1 Å². The first kappa shape index (κ1) is 11.2. The van der Waals surface area contributed by atoms with E-state index in [0.29, 0.717) is 5.92 Å². The van der Waals surface area contributed by atoms with E-state index >= 15 is 0 Å². The first-order chi connectivity index (χ1) is 7.72. The van der Waals surface area contributed by atoms with Gasteiger partial charge in [0.15, 0.2) is 0 Å². The maximum atomic E-state index is 11.9. The average molecular weight is 217 g/mol. The van der Waals surface area contributed by atoms with Crippen LogP contribution in [-0.4, -0.2) is 12.5 Å². The van der Waals surface area contributed by atoms with Gasteiger partial charge in [0.05, 0.1) is 0 Å². The van der Waals surface area contributed by atoms with Crippen LogP contribution in [-0.2, 0) is 6.42 Å². The summed E-state index contributed by atoms with van der Waals surface area (Å²) in [5, 5.41) is 2.95. The number of benzene rings is 1. The summed E-state index contributed by atoms with van der Waals surface area (Å²) >= 11 is 0. The highest BCUT2D eigenvalue weighted by atomic mass is 16.1. The molecule has 1 amide bonds. The number of fused-ring (bicyclic) bond motifs is 1. The topological polar surface area (TPSA) is 29.1 Å². The van der Waals surface area contributed by atoms with Crippen molar-refractivity contribution in [2.75, 3.05) is 6.54 Å². The van der Waals surface area contributed by atoms with E-state index < -0.39 is 0 Å². The Morgan fingerprint density at radius 1 is 1.44 bits per heavy atom. The van der Waals surface area contributed by atoms with E-state index in [4.69, 9.17) is 0 Å². The molecule has 0 fully saturated rings. The molecule has 0 aliphatic carbocycles. The van der Waals surface area contributed by atoms with E-state index in [9.17, 15) is 4.79 Å². The molecule has 1 aromatic rings. The molecule has 16 heavy (non-hydrogen) atoms. The highest BCUT2D eigenvalue weighted by molar-refractivity contribution is 5.96. The molecular weight excluding hydrogens is 198 g/mol. The Hall–Kier alpha value is -1.31. The van der Waals surface area contributed by atoms with E-state index in [1.54, 1.807) is 0 Å². The van der Waals surface area contributed by atoms with Crippen molar-refractivity contribution in [1.82, 2.24) is 5.32 Å². The second-order valence-electron chi connectivity index (χ2n) is 4.59. The molecule has 0 spiro atoms. The number of carbonyl (C=O) groups excluding carboxylic acids is 1. The molecular formula is C14H19NO. The van der Waals surface area contributed by atoms with Crippen LogP contribution in [0.15, 0.2) is 18.2 Å². The van der Waals surface area contributed by atoms with Crippen LogP contribution in [0.1, 0.15) is 54.1 Å². The molecule has 0 aromatic heterocycles. The Kier molecular flexibility index (Phi) is 3.28. The summed E-state index contributed by atoms with van der Waals surface area (Å²) in [4.78, 5) is 11.9. The van der Waals surface area contributed by atoms with Crippen LogP contribution in [0.5, 0.6) is 0 Å². The molecule has 1 unspecified atom stereocenters. The molecule has 1 aliphatic heterocycles. The fourth-order valence-corrected chi connectivity index (χ4v) is 2.14. The molecule has 1 aliphatic rings. The molecule has 2 heteroatoms. The minimum atomic E-state index is 0.0950. The largest absolute Gasteiger partial charge is 0.352 e. The minimum Gasteiger partial charge on any atom is -0.352 e. The molecule has 0 saturated carbocycles. The van der Waals surface area contributed by atoms with E-state index in [2.05, 4.69) is 37.4 Å². The van der Waals surface area contributed by atoms with Crippen LogP contribution in [0.25, 0.3) is 0 Å². The fourth-order valence-electron chi connectivity index (χ4n) is 2.14. The van der Waals surface area contributed by atoms with Gasteiger partial charge in [0.1, 0.15) is 0 Å². The number of rotatable bonds is 2. The third-order valence-corrected chi connectivity index (χ3v) is 3.47. The molecule has 2 nitrogen and oxygen atoms in total. The lowest BCUT2D eigenvalue weighted by molar-refractivity contribution is 0.0956. The number of hydrogen-bond donors (Lipinski definition) is 1. The maximum Gasteiger partial charge on any atom is 0.251 e. The lowest BCUT2D eigenvalue weighted by Crippen LogP contribution is -2.22. The lowest BCUT2D eigenvalue weighted by Gasteiger charge is -2.12. The van der Waals surface area contributed by atoms with E-state index in [1.165, 1.54) is 11.1 Å². The third-order valence-electron chi connectivity index (χ3n) is 3.47. The second-order valence-corrected chi connectivity index (χ2v) is 4.59. The monoisotopic (exact) mass is 217 g/mol. The van der Waals surface area contributed by atoms with Gasteiger partial charge >= 0.3 is 0 Å². The van der Waals surface area contributed by atoms with Gasteiger partial charge in [0.2, 0.25) is 0 Å². The van der Waals surface area contributed by atoms with E-state index in [0.717, 1.165) is 31.4 Å². The van der Waals surface area contributed by atoms with Gasteiger partial charge in [-0.1, -0.05) is 26.0 Å². The number of aryl methyl sites for hydroxylation is 1. The van der Waals surface area contributed by atoms with Crippen LogP contribution in [0.4, 0.5) is 0 Å². The van der Waals surface area contributed by atoms with Gasteiger partial charge in [-0.15, -0.1) is 0 Å². The van der Waals surface area contributed by atoms with Gasteiger partial charge in [-0.25, -0.2) is 0 Å². The maximum absolute atomic E-state index is 11.9. The van der Waals surface area contributed by atoms with Gasteiger partial charge in [-0.2, -0.15) is 0 Å². The minimum absolute atomic E-state index is 0.0950. The molecule has 1 atom stereocenters. The van der Waals surface area contributed by atoms with Crippen molar-refractivity contribution in [2.45, 2.75) is 39.0 Å². The third kappa shape index (κ3) is 2.11. The summed E-state index contributed by atoms with van der Waals surface area (Å²) in [7, 11) is 0. The summed E-state index contributed by atoms with van der Waals surface area (Å²) in [6.07, 6.45) is 3.16. The number of amides is 1. The average Bonchev–Trinajstić information content (AvgIpc) is 2.50. The Balaban J connectivity index is 2.39. The quantitative estimate of drug-likeness (QED) is 0.811. The predicted octanol–water partition coefficient (Wildman–Crippen LogP) is 2.88. The summed E-state index contributed by atoms with van der Waals surface area (Å²) in [5.74, 6) is 0.624. The van der Waals surface area contributed by atoms with E-state index in [-0.39, 0.29) is 5.91 Å². The molecule has 1 N–H and O–H groups in total. The summed E-state index contributed by atoms with van der Waals surface area (Å²) in [5.41, 5.74) is 3.36. The Labute approximate surface area is 97.1 Å². The predicted molar refractivity (Wildman–Crippen MR) is 65.8 cm³/mol. The first-order valence-electron chi connectivity index (χ1n) is 6.13. The summed E-state index contributed by atoms with van der Waals surface area (Å²) in [6.45, 7) is 5.18. The molecule has 1 aromatic carbocycles. The zero-order chi connectivity index (χ0) is 11.5. The van der Waals surface area contributed by atoms with Gasteiger partial charge in [-0.05, 0) is 42.4 Å². The number of hydrogen-bond acceptors (Lipinski definition) is 1. The van der Waals surface area contributed by atoms with Crippen LogP contribution < -0.4 is 5.32 Å². The second kappa shape index (κ2) is 4.69. The summed E-state index contributed by atoms with van der Waals surface area (Å²) in [6, 6.07) is 6.37. The van der Waals surface area contributed by atoms with Crippen molar-refractivity contribution in [3.63, 3.8) is 0 Å². The van der Waals surface area contributed by atoms with Crippen molar-refractivity contribution in [1.29, 1.82) is 0 Å². The Morgan fingerprint density at radius 3 is 3.00 bits per heavy atom. The molecule has 2 rings (SSSR count). The van der Waals surface area contributed by atoms with Gasteiger partial charge in [-0.3, -0.25) is 4.79 Å². The zero-order valence-electron chi connectivity index (χ0n) is 10.0. The molecule has 0 radical (unpaired) electrons. The van der Waals surface area contributed by atoms with Gasteiger partial charge < -0.3 is 5.32 Å². The molecule has 0 bridgehead atoms. The van der Waals surface area contributed by atoms with Crippen LogP contribution in [0.2, 0.25) is 0 Å².